The van der Waals surface area contributed by atoms with Crippen molar-refractivity contribution < 1.29 is 9.72 Å². The molecule has 0 aliphatic heterocycles. The van der Waals surface area contributed by atoms with Crippen molar-refractivity contribution in [2.45, 2.75) is 6.54 Å². The van der Waals surface area contributed by atoms with E-state index in [2.05, 4.69) is 9.97 Å². The molecule has 1 heterocycles. The second-order valence-electron chi connectivity index (χ2n) is 4.09. The molecule has 0 radical (unpaired) electrons. The lowest BCUT2D eigenvalue weighted by atomic mass is 10.1. The van der Waals surface area contributed by atoms with Crippen molar-refractivity contribution >= 4 is 23.2 Å². The summed E-state index contributed by atoms with van der Waals surface area (Å²) in [5.74, 6) is 0.0502. The van der Waals surface area contributed by atoms with Crippen LogP contribution in [0.1, 0.15) is 16.2 Å². The molecule has 0 saturated heterocycles. The van der Waals surface area contributed by atoms with Gasteiger partial charge in [0.05, 0.1) is 16.5 Å². The van der Waals surface area contributed by atoms with Crippen molar-refractivity contribution in [2.24, 2.45) is 0 Å². The summed E-state index contributed by atoms with van der Waals surface area (Å²) in [6, 6.07) is 4.13. The minimum absolute atomic E-state index is 0.0514. The normalized spacial score (nSPS) is 10.3. The second kappa shape index (κ2) is 5.70. The van der Waals surface area contributed by atoms with E-state index in [1.807, 2.05) is 0 Å². The zero-order valence-corrected chi connectivity index (χ0v) is 11.3. The molecule has 1 N–H and O–H groups in total. The van der Waals surface area contributed by atoms with Gasteiger partial charge in [-0.15, -0.1) is 0 Å². The maximum absolute atomic E-state index is 12.3. The molecule has 8 heteroatoms. The number of H-pyrrole nitrogens is 1. The Bertz CT molecular complexity index is 642. The van der Waals surface area contributed by atoms with Gasteiger partial charge in [-0.1, -0.05) is 17.7 Å². The van der Waals surface area contributed by atoms with Crippen molar-refractivity contribution in [1.29, 1.82) is 0 Å². The van der Waals surface area contributed by atoms with Crippen molar-refractivity contribution in [3.63, 3.8) is 0 Å². The molecule has 104 valence electrons. The van der Waals surface area contributed by atoms with Crippen LogP contribution in [0.3, 0.4) is 0 Å². The minimum Gasteiger partial charge on any atom is -0.347 e. The third kappa shape index (κ3) is 2.77. The van der Waals surface area contributed by atoms with Crippen LogP contribution in [0.25, 0.3) is 0 Å². The highest BCUT2D eigenvalue weighted by Crippen LogP contribution is 2.27. The monoisotopic (exact) mass is 294 g/mol. The maximum atomic E-state index is 12.3. The molecule has 0 saturated carbocycles. The van der Waals surface area contributed by atoms with E-state index in [4.69, 9.17) is 11.6 Å². The van der Waals surface area contributed by atoms with Crippen LogP contribution in [0.4, 0.5) is 5.69 Å². The molecular formula is C12H11ClN4O3. The fourth-order valence-corrected chi connectivity index (χ4v) is 2.00. The molecule has 1 amide bonds. The van der Waals surface area contributed by atoms with E-state index < -0.39 is 10.8 Å². The van der Waals surface area contributed by atoms with E-state index in [1.54, 1.807) is 12.4 Å². The molecule has 1 aromatic carbocycles. The first-order chi connectivity index (χ1) is 9.50. The molecular weight excluding hydrogens is 284 g/mol. The predicted octanol–water partition coefficient (Wildman–Crippen LogP) is 2.24. The standard InChI is InChI=1S/C12H11ClN4O3/c1-16(7-10-14-5-6-15-10)12(18)11-8(13)3-2-4-9(11)17(19)20/h2-6H,7H2,1H3,(H,14,15). The Hall–Kier alpha value is -2.41. The van der Waals surface area contributed by atoms with Gasteiger partial charge in [0.15, 0.2) is 0 Å². The van der Waals surface area contributed by atoms with Crippen LogP contribution in [-0.4, -0.2) is 32.7 Å². The van der Waals surface area contributed by atoms with Crippen molar-refractivity contribution in [1.82, 2.24) is 14.9 Å². The van der Waals surface area contributed by atoms with Crippen molar-refractivity contribution in [3.8, 4) is 0 Å². The van der Waals surface area contributed by atoms with Crippen LogP contribution in [-0.2, 0) is 6.54 Å². The zero-order valence-electron chi connectivity index (χ0n) is 10.5. The molecule has 0 atom stereocenters. The molecule has 0 fully saturated rings. The van der Waals surface area contributed by atoms with Crippen LogP contribution in [0.15, 0.2) is 30.6 Å². The Kier molecular flexibility index (Phi) is 3.99. The van der Waals surface area contributed by atoms with Gasteiger partial charge in [-0.05, 0) is 6.07 Å². The van der Waals surface area contributed by atoms with Gasteiger partial charge < -0.3 is 9.88 Å². The third-order valence-electron chi connectivity index (χ3n) is 2.69. The fourth-order valence-electron chi connectivity index (χ4n) is 1.75. The number of nitro benzene ring substituents is 1. The average Bonchev–Trinajstić information content (AvgIpc) is 2.90. The van der Waals surface area contributed by atoms with Gasteiger partial charge in [0.2, 0.25) is 0 Å². The second-order valence-corrected chi connectivity index (χ2v) is 4.50. The van der Waals surface area contributed by atoms with E-state index in [1.165, 1.54) is 30.1 Å². The van der Waals surface area contributed by atoms with Gasteiger partial charge in [0.1, 0.15) is 11.4 Å². The SMILES string of the molecule is CN(Cc1ncc[nH]1)C(=O)c1c(Cl)cccc1[N+](=O)[O-]. The molecule has 0 spiro atoms. The van der Waals surface area contributed by atoms with Crippen LogP contribution >= 0.6 is 11.6 Å². The average molecular weight is 295 g/mol. The van der Waals surface area contributed by atoms with Crippen LogP contribution in [0.5, 0.6) is 0 Å². The van der Waals surface area contributed by atoms with E-state index in [9.17, 15) is 14.9 Å². The lowest BCUT2D eigenvalue weighted by Gasteiger charge is -2.16. The minimum atomic E-state index is -0.625. The van der Waals surface area contributed by atoms with Gasteiger partial charge in [-0.25, -0.2) is 4.98 Å². The Morgan fingerprint density at radius 3 is 2.90 bits per heavy atom. The highest BCUT2D eigenvalue weighted by Gasteiger charge is 2.26. The number of rotatable bonds is 4. The number of amides is 1. The van der Waals surface area contributed by atoms with E-state index in [0.717, 1.165) is 0 Å². The Morgan fingerprint density at radius 2 is 2.30 bits per heavy atom. The first kappa shape index (κ1) is 14.0. The molecule has 20 heavy (non-hydrogen) atoms. The number of aromatic amines is 1. The summed E-state index contributed by atoms with van der Waals surface area (Å²) in [6.45, 7) is 0.203. The first-order valence-electron chi connectivity index (χ1n) is 5.67. The molecule has 1 aromatic heterocycles. The zero-order chi connectivity index (χ0) is 14.7. The Morgan fingerprint density at radius 1 is 1.55 bits per heavy atom. The van der Waals surface area contributed by atoms with E-state index >= 15 is 0 Å². The van der Waals surface area contributed by atoms with Gasteiger partial charge in [0, 0.05) is 25.5 Å². The summed E-state index contributed by atoms with van der Waals surface area (Å²) < 4.78 is 0. The smallest absolute Gasteiger partial charge is 0.283 e. The van der Waals surface area contributed by atoms with E-state index in [0.29, 0.717) is 5.82 Å². The molecule has 0 aliphatic carbocycles. The van der Waals surface area contributed by atoms with Crippen LogP contribution in [0.2, 0.25) is 5.02 Å². The highest BCUT2D eigenvalue weighted by atomic mass is 35.5. The van der Waals surface area contributed by atoms with Gasteiger partial charge in [-0.2, -0.15) is 0 Å². The number of nitrogens with one attached hydrogen (secondary N) is 1. The van der Waals surface area contributed by atoms with Gasteiger partial charge >= 0.3 is 0 Å². The number of nitrogens with zero attached hydrogens (tertiary/aromatic N) is 3. The number of imidazole rings is 1. The Balaban J connectivity index is 2.31. The van der Waals surface area contributed by atoms with Crippen LogP contribution in [0, 0.1) is 10.1 Å². The number of aromatic nitrogens is 2. The molecule has 0 unspecified atom stereocenters. The summed E-state index contributed by atoms with van der Waals surface area (Å²) in [5.41, 5.74) is -0.429. The first-order valence-corrected chi connectivity index (χ1v) is 6.05. The third-order valence-corrected chi connectivity index (χ3v) is 3.01. The van der Waals surface area contributed by atoms with Crippen LogP contribution < -0.4 is 0 Å². The number of nitro groups is 1. The van der Waals surface area contributed by atoms with Gasteiger partial charge in [0.25, 0.3) is 11.6 Å². The van der Waals surface area contributed by atoms with Crippen molar-refractivity contribution in [3.05, 3.63) is 57.1 Å². The number of carbonyl (C=O) groups is 1. The molecule has 0 aliphatic rings. The lowest BCUT2D eigenvalue weighted by molar-refractivity contribution is -0.385. The van der Waals surface area contributed by atoms with Gasteiger partial charge in [-0.3, -0.25) is 14.9 Å². The highest BCUT2D eigenvalue weighted by molar-refractivity contribution is 6.34. The molecule has 2 aromatic rings. The Labute approximate surface area is 119 Å². The topological polar surface area (TPSA) is 92.1 Å². The summed E-state index contributed by atoms with van der Waals surface area (Å²) in [5, 5.41) is 11.0. The maximum Gasteiger partial charge on any atom is 0.283 e. The number of carbonyl (C=O) groups excluding carboxylic acids is 1. The quantitative estimate of drug-likeness (QED) is 0.691. The molecule has 7 nitrogen and oxygen atoms in total. The number of benzene rings is 1. The molecule has 2 rings (SSSR count). The lowest BCUT2D eigenvalue weighted by Crippen LogP contribution is -2.27. The predicted molar refractivity (Wildman–Crippen MR) is 72.5 cm³/mol. The largest absolute Gasteiger partial charge is 0.347 e. The number of hydrogen-bond acceptors (Lipinski definition) is 4. The summed E-state index contributed by atoms with van der Waals surface area (Å²) >= 11 is 5.92. The molecule has 0 bridgehead atoms. The van der Waals surface area contributed by atoms with Crippen molar-refractivity contribution in [2.75, 3.05) is 7.05 Å². The fraction of sp³-hybridized carbons (Fsp3) is 0.167. The summed E-state index contributed by atoms with van der Waals surface area (Å²) in [4.78, 5) is 30.8. The summed E-state index contributed by atoms with van der Waals surface area (Å²) in [7, 11) is 1.53. The number of halogens is 1. The van der Waals surface area contributed by atoms with E-state index in [-0.39, 0.29) is 22.8 Å². The number of hydrogen-bond donors (Lipinski definition) is 1. The summed E-state index contributed by atoms with van der Waals surface area (Å²) in [6.07, 6.45) is 3.19.